The predicted molar refractivity (Wildman–Crippen MR) is 110 cm³/mol. The normalized spacial score (nSPS) is 28.7. The number of nitrogens with zero attached hydrogens (tertiary/aromatic N) is 1. The molecule has 26 heavy (non-hydrogen) atoms. The predicted octanol–water partition coefficient (Wildman–Crippen LogP) is 3.68. The van der Waals surface area contributed by atoms with Gasteiger partial charge in [0.05, 0.1) is 4.58 Å². The van der Waals surface area contributed by atoms with Crippen LogP contribution < -0.4 is 10.1 Å². The number of carbonyl (C=O) groups is 1. The zero-order valence-electron chi connectivity index (χ0n) is 15.4. The summed E-state index contributed by atoms with van der Waals surface area (Å²) in [5.41, 5.74) is 1.35. The average molecular weight is 393 g/mol. The topological polar surface area (TPSA) is 41.6 Å². The Morgan fingerprint density at radius 3 is 2.46 bits per heavy atom. The second kappa shape index (κ2) is 8.44. The molecular formula is C20H28N2O2S2. The second-order valence-electron chi connectivity index (χ2n) is 7.55. The Hall–Kier alpha value is -0.850. The summed E-state index contributed by atoms with van der Waals surface area (Å²) in [5, 5.41) is 3.63. The molecule has 2 atom stereocenters. The number of ether oxygens (including phenoxy) is 1. The van der Waals surface area contributed by atoms with Gasteiger partial charge in [0.1, 0.15) is 5.75 Å². The van der Waals surface area contributed by atoms with Crippen LogP contribution in [0.2, 0.25) is 0 Å². The van der Waals surface area contributed by atoms with Crippen molar-refractivity contribution in [1.82, 2.24) is 10.2 Å². The lowest BCUT2D eigenvalue weighted by Gasteiger charge is -2.35. The summed E-state index contributed by atoms with van der Waals surface area (Å²) >= 11 is 4.04. The molecule has 0 saturated carbocycles. The smallest absolute Gasteiger partial charge is 0.260 e. The highest BCUT2D eigenvalue weighted by Crippen LogP contribution is 2.43. The minimum absolute atomic E-state index is 0.0822. The maximum Gasteiger partial charge on any atom is 0.260 e. The van der Waals surface area contributed by atoms with Crippen LogP contribution in [-0.4, -0.2) is 54.1 Å². The van der Waals surface area contributed by atoms with E-state index in [-0.39, 0.29) is 12.5 Å². The fraction of sp³-hybridized carbons (Fsp3) is 0.650. The van der Waals surface area contributed by atoms with Crippen molar-refractivity contribution in [2.45, 2.75) is 54.8 Å². The third-order valence-electron chi connectivity index (χ3n) is 5.73. The van der Waals surface area contributed by atoms with E-state index in [4.69, 9.17) is 4.74 Å². The third kappa shape index (κ3) is 4.34. The zero-order valence-corrected chi connectivity index (χ0v) is 17.0. The molecule has 3 fully saturated rings. The lowest BCUT2D eigenvalue weighted by molar-refractivity contribution is -0.134. The number of piperidine rings is 1. The van der Waals surface area contributed by atoms with Crippen LogP contribution >= 0.6 is 23.5 Å². The van der Waals surface area contributed by atoms with E-state index in [1.165, 1.54) is 36.3 Å². The summed E-state index contributed by atoms with van der Waals surface area (Å²) in [6.45, 7) is 0.127. The van der Waals surface area contributed by atoms with Crippen LogP contribution in [-0.2, 0) is 4.79 Å². The lowest BCUT2D eigenvalue weighted by atomic mass is 9.98. The van der Waals surface area contributed by atoms with Crippen LogP contribution in [0.3, 0.4) is 0 Å². The molecular weight excluding hydrogens is 364 g/mol. The minimum atomic E-state index is 0.0822. The van der Waals surface area contributed by atoms with E-state index in [9.17, 15) is 4.79 Å². The van der Waals surface area contributed by atoms with Crippen LogP contribution in [0.15, 0.2) is 24.3 Å². The van der Waals surface area contributed by atoms with Gasteiger partial charge in [-0.3, -0.25) is 4.79 Å². The van der Waals surface area contributed by atoms with Crippen LogP contribution in [0.4, 0.5) is 0 Å². The molecule has 0 aromatic heterocycles. The number of nitrogens with one attached hydrogen (secondary N) is 1. The summed E-state index contributed by atoms with van der Waals surface area (Å²) < 4.78 is 6.31. The van der Waals surface area contributed by atoms with Gasteiger partial charge in [0.25, 0.3) is 5.91 Å². The Labute approximate surface area is 164 Å². The Morgan fingerprint density at radius 2 is 1.81 bits per heavy atom. The van der Waals surface area contributed by atoms with Gasteiger partial charge in [0.15, 0.2) is 6.61 Å². The van der Waals surface area contributed by atoms with Gasteiger partial charge in [-0.05, 0) is 61.3 Å². The number of likely N-dealkylation sites (N-methyl/N-ethyl adjacent to an activating group) is 1. The van der Waals surface area contributed by atoms with Crippen molar-refractivity contribution in [1.29, 1.82) is 0 Å². The number of hydrogen-bond acceptors (Lipinski definition) is 5. The van der Waals surface area contributed by atoms with E-state index in [2.05, 4.69) is 17.4 Å². The van der Waals surface area contributed by atoms with Crippen LogP contribution in [0.1, 0.15) is 42.2 Å². The van der Waals surface area contributed by atoms with E-state index in [0.717, 1.165) is 18.6 Å². The molecule has 3 saturated heterocycles. The number of benzene rings is 1. The highest BCUT2D eigenvalue weighted by molar-refractivity contribution is 8.16. The first-order valence-electron chi connectivity index (χ1n) is 9.67. The van der Waals surface area contributed by atoms with Crippen molar-refractivity contribution in [2.24, 2.45) is 0 Å². The molecule has 142 valence electrons. The van der Waals surface area contributed by atoms with Crippen molar-refractivity contribution in [2.75, 3.05) is 25.2 Å². The van der Waals surface area contributed by atoms with Gasteiger partial charge in [-0.1, -0.05) is 12.1 Å². The summed E-state index contributed by atoms with van der Waals surface area (Å²) in [7, 11) is 1.93. The molecule has 1 aromatic rings. The Kier molecular flexibility index (Phi) is 6.01. The van der Waals surface area contributed by atoms with Crippen molar-refractivity contribution in [3.63, 3.8) is 0 Å². The zero-order chi connectivity index (χ0) is 17.9. The average Bonchev–Trinajstić information content (AvgIpc) is 3.04. The van der Waals surface area contributed by atoms with Crippen molar-refractivity contribution in [3.05, 3.63) is 29.8 Å². The number of thioether (sulfide) groups is 2. The molecule has 0 radical (unpaired) electrons. The molecule has 6 heteroatoms. The van der Waals surface area contributed by atoms with E-state index >= 15 is 0 Å². The number of fused-ring (bicyclic) bond motifs is 2. The first-order valence-corrected chi connectivity index (χ1v) is 11.8. The molecule has 3 heterocycles. The van der Waals surface area contributed by atoms with E-state index < -0.39 is 0 Å². The largest absolute Gasteiger partial charge is 0.484 e. The van der Waals surface area contributed by atoms with Gasteiger partial charge < -0.3 is 15.0 Å². The second-order valence-corrected chi connectivity index (χ2v) is 10.3. The quantitative estimate of drug-likeness (QED) is 0.828. The van der Waals surface area contributed by atoms with E-state index in [1.54, 1.807) is 0 Å². The molecule has 0 aliphatic carbocycles. The number of hydrogen-bond donors (Lipinski definition) is 1. The maximum absolute atomic E-state index is 12.5. The van der Waals surface area contributed by atoms with E-state index in [1.807, 2.05) is 47.6 Å². The van der Waals surface area contributed by atoms with Gasteiger partial charge in [0, 0.05) is 25.2 Å². The van der Waals surface area contributed by atoms with Crippen molar-refractivity contribution < 1.29 is 9.53 Å². The highest BCUT2D eigenvalue weighted by Gasteiger charge is 2.36. The highest BCUT2D eigenvalue weighted by atomic mass is 32.2. The van der Waals surface area contributed by atoms with Crippen molar-refractivity contribution >= 4 is 29.4 Å². The molecule has 1 amide bonds. The Morgan fingerprint density at radius 1 is 1.15 bits per heavy atom. The van der Waals surface area contributed by atoms with Gasteiger partial charge in [-0.25, -0.2) is 0 Å². The summed E-state index contributed by atoms with van der Waals surface area (Å²) in [4.78, 5) is 14.5. The summed E-state index contributed by atoms with van der Waals surface area (Å²) in [6, 6.07) is 9.84. The molecule has 1 aromatic carbocycles. The van der Waals surface area contributed by atoms with Gasteiger partial charge in [-0.15, -0.1) is 23.5 Å². The van der Waals surface area contributed by atoms with Gasteiger partial charge in [-0.2, -0.15) is 0 Å². The molecule has 3 aliphatic rings. The maximum atomic E-state index is 12.5. The first-order chi connectivity index (χ1) is 12.7. The summed E-state index contributed by atoms with van der Waals surface area (Å²) in [6.07, 6.45) is 5.96. The number of carbonyl (C=O) groups excluding carboxylic acids is 1. The van der Waals surface area contributed by atoms with Crippen LogP contribution in [0.5, 0.6) is 5.75 Å². The molecule has 2 bridgehead atoms. The van der Waals surface area contributed by atoms with Gasteiger partial charge in [0.2, 0.25) is 0 Å². The minimum Gasteiger partial charge on any atom is -0.484 e. The first kappa shape index (κ1) is 18.5. The number of rotatable bonds is 5. The Balaban J connectivity index is 1.27. The SMILES string of the molecule is CN(C(=O)COc1ccc(C2SCCCS2)cc1)C1CC2CCC(C1)N2. The Bertz CT molecular complexity index is 607. The molecule has 3 aliphatic heterocycles. The standard InChI is InChI=1S/C20H28N2O2S2/c1-22(17-11-15-5-6-16(12-17)21-15)19(23)13-24-18-7-3-14(4-8-18)20-25-9-2-10-26-20/h3-4,7-8,15-17,20-21H,2,5-6,9-13H2,1H3. The summed E-state index contributed by atoms with van der Waals surface area (Å²) in [5.74, 6) is 3.36. The molecule has 4 nitrogen and oxygen atoms in total. The van der Waals surface area contributed by atoms with Crippen LogP contribution in [0.25, 0.3) is 0 Å². The number of amides is 1. The van der Waals surface area contributed by atoms with Gasteiger partial charge >= 0.3 is 0 Å². The third-order valence-corrected chi connectivity index (χ3v) is 8.75. The molecule has 2 unspecified atom stereocenters. The molecule has 0 spiro atoms. The monoisotopic (exact) mass is 392 g/mol. The van der Waals surface area contributed by atoms with Crippen LogP contribution in [0, 0.1) is 0 Å². The lowest BCUT2D eigenvalue weighted by Crippen LogP contribution is -2.49. The fourth-order valence-electron chi connectivity index (χ4n) is 4.20. The van der Waals surface area contributed by atoms with Crippen molar-refractivity contribution in [3.8, 4) is 5.75 Å². The molecule has 1 N–H and O–H groups in total. The molecule has 4 rings (SSSR count). The van der Waals surface area contributed by atoms with E-state index in [0.29, 0.717) is 22.7 Å². The fourth-order valence-corrected chi connectivity index (χ4v) is 7.09.